The van der Waals surface area contributed by atoms with Crippen LogP contribution in [0.5, 0.6) is 0 Å². The molecule has 1 heterocycles. The maximum atomic E-state index is 12.6. The van der Waals surface area contributed by atoms with Gasteiger partial charge in [-0.25, -0.2) is 0 Å². The van der Waals surface area contributed by atoms with Crippen LogP contribution >= 0.6 is 11.3 Å². The van der Waals surface area contributed by atoms with Crippen LogP contribution in [-0.4, -0.2) is 5.91 Å². The van der Waals surface area contributed by atoms with Crippen molar-refractivity contribution in [2.24, 2.45) is 0 Å². The van der Waals surface area contributed by atoms with Gasteiger partial charge in [-0.1, -0.05) is 82.3 Å². The highest BCUT2D eigenvalue weighted by Crippen LogP contribution is 2.33. The van der Waals surface area contributed by atoms with Gasteiger partial charge in [-0.3, -0.25) is 4.79 Å². The van der Waals surface area contributed by atoms with Crippen molar-refractivity contribution in [3.8, 4) is 10.4 Å². The lowest BCUT2D eigenvalue weighted by molar-refractivity contribution is -0.118. The van der Waals surface area contributed by atoms with E-state index in [2.05, 4.69) is 68.6 Å². The summed E-state index contributed by atoms with van der Waals surface area (Å²) in [6, 6.07) is 21.1. The maximum Gasteiger partial charge on any atom is 0.227 e. The van der Waals surface area contributed by atoms with Gasteiger partial charge in [0.15, 0.2) is 0 Å². The first-order chi connectivity index (χ1) is 12.9. The Morgan fingerprint density at radius 3 is 2.26 bits per heavy atom. The van der Waals surface area contributed by atoms with Crippen LogP contribution in [0.4, 0.5) is 5.69 Å². The molecule has 1 aromatic heterocycles. The molecule has 2 nitrogen and oxygen atoms in total. The molecule has 0 aliphatic carbocycles. The highest BCUT2D eigenvalue weighted by Gasteiger charge is 2.18. The molecule has 0 saturated carbocycles. The van der Waals surface area contributed by atoms with E-state index in [0.717, 1.165) is 11.3 Å². The molecule has 27 heavy (non-hydrogen) atoms. The number of nitrogens with zero attached hydrogens (tertiary/aromatic N) is 1. The number of hydrogen-bond donors (Lipinski definition) is 0. The molecule has 0 saturated heterocycles. The molecule has 0 atom stereocenters. The number of hydrogen-bond acceptors (Lipinski definition) is 2. The van der Waals surface area contributed by atoms with Gasteiger partial charge in [-0.2, -0.15) is 0 Å². The van der Waals surface area contributed by atoms with Gasteiger partial charge >= 0.3 is 0 Å². The van der Waals surface area contributed by atoms with Crippen molar-refractivity contribution in [3.63, 3.8) is 0 Å². The Kier molecular flexibility index (Phi) is 5.81. The van der Waals surface area contributed by atoms with E-state index in [1.54, 1.807) is 11.3 Å². The van der Waals surface area contributed by atoms with Crippen molar-refractivity contribution in [3.05, 3.63) is 77.2 Å². The average molecular weight is 378 g/mol. The van der Waals surface area contributed by atoms with E-state index in [1.165, 1.54) is 16.0 Å². The summed E-state index contributed by atoms with van der Waals surface area (Å²) in [5, 5.41) is 2.08. The second-order valence-electron chi connectivity index (χ2n) is 7.82. The summed E-state index contributed by atoms with van der Waals surface area (Å²) >= 11 is 1.68. The van der Waals surface area contributed by atoms with Crippen LogP contribution < -0.4 is 4.90 Å². The van der Waals surface area contributed by atoms with Gasteiger partial charge < -0.3 is 4.90 Å². The molecule has 0 unspecified atom stereocenters. The van der Waals surface area contributed by atoms with Gasteiger partial charge in [0.1, 0.15) is 0 Å². The smallest absolute Gasteiger partial charge is 0.227 e. The first-order valence-electron chi connectivity index (χ1n) is 9.42. The van der Waals surface area contributed by atoms with E-state index in [4.69, 9.17) is 0 Å². The van der Waals surface area contributed by atoms with Crippen molar-refractivity contribution < 1.29 is 4.79 Å². The molecular formula is C24H27NOS. The average Bonchev–Trinajstić information content (AvgIpc) is 3.16. The van der Waals surface area contributed by atoms with Crippen molar-refractivity contribution >= 4 is 22.9 Å². The predicted octanol–water partition coefficient (Wildman–Crippen LogP) is 6.66. The number of carbonyl (C=O) groups excluding carboxylic acids is 1. The third kappa shape index (κ3) is 4.67. The fraction of sp³-hybridized carbons (Fsp3) is 0.292. The molecular weight excluding hydrogens is 350 g/mol. The van der Waals surface area contributed by atoms with E-state index in [-0.39, 0.29) is 11.3 Å². The Morgan fingerprint density at radius 2 is 1.67 bits per heavy atom. The minimum atomic E-state index is 0.134. The van der Waals surface area contributed by atoms with E-state index in [0.29, 0.717) is 13.0 Å². The minimum absolute atomic E-state index is 0.134. The number of amides is 1. The normalized spacial score (nSPS) is 11.4. The zero-order valence-electron chi connectivity index (χ0n) is 16.5. The SMILES string of the molecule is CCC(=O)N(Cc1ccc(C(C)(C)C)cc1)c1csc(-c2ccccc2)c1. The molecule has 0 aliphatic rings. The van der Waals surface area contributed by atoms with Crippen molar-refractivity contribution in [2.75, 3.05) is 4.90 Å². The molecule has 140 valence electrons. The van der Waals surface area contributed by atoms with Gasteiger partial charge in [0.25, 0.3) is 0 Å². The lowest BCUT2D eigenvalue weighted by Gasteiger charge is -2.23. The van der Waals surface area contributed by atoms with Crippen LogP contribution in [0.15, 0.2) is 66.0 Å². The van der Waals surface area contributed by atoms with Gasteiger partial charge in [-0.15, -0.1) is 11.3 Å². The molecule has 0 radical (unpaired) electrons. The molecule has 3 heteroatoms. The van der Waals surface area contributed by atoms with Crippen LogP contribution in [0.2, 0.25) is 0 Å². The minimum Gasteiger partial charge on any atom is -0.307 e. The summed E-state index contributed by atoms with van der Waals surface area (Å²) in [5.74, 6) is 0.146. The zero-order valence-corrected chi connectivity index (χ0v) is 17.3. The van der Waals surface area contributed by atoms with Crippen LogP contribution in [0.25, 0.3) is 10.4 Å². The van der Waals surface area contributed by atoms with Crippen molar-refractivity contribution in [1.82, 2.24) is 0 Å². The largest absolute Gasteiger partial charge is 0.307 e. The predicted molar refractivity (Wildman–Crippen MR) is 116 cm³/mol. The quantitative estimate of drug-likeness (QED) is 0.487. The van der Waals surface area contributed by atoms with Crippen molar-refractivity contribution in [1.29, 1.82) is 0 Å². The van der Waals surface area contributed by atoms with E-state index < -0.39 is 0 Å². The Balaban J connectivity index is 1.85. The molecule has 2 aromatic carbocycles. The highest BCUT2D eigenvalue weighted by molar-refractivity contribution is 7.14. The van der Waals surface area contributed by atoms with E-state index in [1.807, 2.05) is 30.0 Å². The third-order valence-electron chi connectivity index (χ3n) is 4.72. The molecule has 3 rings (SSSR count). The zero-order chi connectivity index (χ0) is 19.4. The summed E-state index contributed by atoms with van der Waals surface area (Å²) in [7, 11) is 0. The molecule has 0 spiro atoms. The van der Waals surface area contributed by atoms with Crippen molar-refractivity contribution in [2.45, 2.75) is 46.1 Å². The van der Waals surface area contributed by atoms with Gasteiger partial charge in [0.05, 0.1) is 12.2 Å². The maximum absolute atomic E-state index is 12.6. The topological polar surface area (TPSA) is 20.3 Å². The number of rotatable bonds is 5. The molecule has 3 aromatic rings. The summed E-state index contributed by atoms with van der Waals surface area (Å²) in [6.07, 6.45) is 0.497. The third-order valence-corrected chi connectivity index (χ3v) is 5.69. The lowest BCUT2D eigenvalue weighted by atomic mass is 9.87. The molecule has 0 N–H and O–H groups in total. The second-order valence-corrected chi connectivity index (χ2v) is 8.73. The number of anilines is 1. The van der Waals surface area contributed by atoms with E-state index >= 15 is 0 Å². The molecule has 0 aliphatic heterocycles. The number of benzene rings is 2. The lowest BCUT2D eigenvalue weighted by Crippen LogP contribution is -2.29. The van der Waals surface area contributed by atoms with Gasteiger partial charge in [0, 0.05) is 16.7 Å². The second kappa shape index (κ2) is 8.10. The summed E-state index contributed by atoms with van der Waals surface area (Å²) < 4.78 is 0. The fourth-order valence-corrected chi connectivity index (χ4v) is 3.93. The Hall–Kier alpha value is -2.39. The standard InChI is InChI=1S/C24H27NOS/c1-5-23(26)25(16-18-11-13-20(14-12-18)24(2,3)4)21-15-22(27-17-21)19-9-7-6-8-10-19/h6-15,17H,5,16H2,1-4H3. The van der Waals surface area contributed by atoms with Crippen LogP contribution in [0.3, 0.4) is 0 Å². The monoisotopic (exact) mass is 377 g/mol. The molecule has 1 amide bonds. The van der Waals surface area contributed by atoms with Crippen LogP contribution in [0.1, 0.15) is 45.2 Å². The van der Waals surface area contributed by atoms with Gasteiger partial charge in [-0.05, 0) is 28.2 Å². The Bertz CT molecular complexity index is 888. The first-order valence-corrected chi connectivity index (χ1v) is 10.3. The van der Waals surface area contributed by atoms with E-state index in [9.17, 15) is 4.79 Å². The highest BCUT2D eigenvalue weighted by atomic mass is 32.1. The fourth-order valence-electron chi connectivity index (χ4n) is 3.03. The van der Waals surface area contributed by atoms with Crippen LogP contribution in [-0.2, 0) is 16.8 Å². The Labute approximate surface area is 166 Å². The first kappa shape index (κ1) is 19.4. The number of carbonyl (C=O) groups is 1. The Morgan fingerprint density at radius 1 is 1.00 bits per heavy atom. The summed E-state index contributed by atoms with van der Waals surface area (Å²) in [5.41, 5.74) is 4.76. The number of thiophene rings is 1. The van der Waals surface area contributed by atoms with Gasteiger partial charge in [0.2, 0.25) is 5.91 Å². The molecule has 0 bridgehead atoms. The summed E-state index contributed by atoms with van der Waals surface area (Å²) in [6.45, 7) is 9.16. The van der Waals surface area contributed by atoms with Crippen LogP contribution in [0, 0.1) is 0 Å². The molecule has 0 fully saturated rings. The summed E-state index contributed by atoms with van der Waals surface area (Å²) in [4.78, 5) is 15.7.